The van der Waals surface area contributed by atoms with Crippen LogP contribution in [0.5, 0.6) is 0 Å². The van der Waals surface area contributed by atoms with Gasteiger partial charge in [-0.2, -0.15) is 0 Å². The summed E-state index contributed by atoms with van der Waals surface area (Å²) in [5.41, 5.74) is 3.06. The maximum absolute atomic E-state index is 13.1. The summed E-state index contributed by atoms with van der Waals surface area (Å²) in [5.74, 6) is 1.36. The second kappa shape index (κ2) is 6.44. The number of fused-ring (bicyclic) bond motifs is 2. The Balaban J connectivity index is 1.47. The van der Waals surface area contributed by atoms with Gasteiger partial charge in [-0.25, -0.2) is 4.68 Å². The molecule has 2 aromatic heterocycles. The first-order valence-corrected chi connectivity index (χ1v) is 9.78. The third-order valence-corrected chi connectivity index (χ3v) is 6.21. The highest BCUT2D eigenvalue weighted by atomic mass is 16.2. The Labute approximate surface area is 158 Å². The molecule has 2 fully saturated rings. The summed E-state index contributed by atoms with van der Waals surface area (Å²) < 4.78 is 1.76. The lowest BCUT2D eigenvalue weighted by Gasteiger charge is -2.22. The zero-order valence-electron chi connectivity index (χ0n) is 15.5. The lowest BCUT2D eigenvalue weighted by Crippen LogP contribution is -2.30. The monoisotopic (exact) mass is 361 g/mol. The summed E-state index contributed by atoms with van der Waals surface area (Å²) in [4.78, 5) is 19.5. The highest BCUT2D eigenvalue weighted by molar-refractivity contribution is 5.94. The molecule has 2 atom stereocenters. The number of hydrogen-bond donors (Lipinski definition) is 0. The first kappa shape index (κ1) is 16.4. The molecule has 1 saturated heterocycles. The standard InChI is InChI=1S/C21H23N5O/c1-14-20(21(27)25-12-15-6-2-3-7-16(15)13-25)23-24-26(14)19-10-4-9-18-17(19)8-5-11-22-18/h4-5,8-11,15-16H,2-3,6-7,12-13H2,1H3. The minimum absolute atomic E-state index is 0.0199. The van der Waals surface area contributed by atoms with E-state index in [9.17, 15) is 4.79 Å². The Morgan fingerprint density at radius 3 is 2.63 bits per heavy atom. The van der Waals surface area contributed by atoms with Gasteiger partial charge in [0.05, 0.1) is 16.9 Å². The minimum atomic E-state index is 0.0199. The Bertz CT molecular complexity index is 991. The molecule has 1 amide bonds. The van der Waals surface area contributed by atoms with Crippen molar-refractivity contribution >= 4 is 16.8 Å². The molecule has 6 nitrogen and oxygen atoms in total. The average Bonchev–Trinajstić information content (AvgIpc) is 3.30. The number of nitrogens with zero attached hydrogens (tertiary/aromatic N) is 5. The topological polar surface area (TPSA) is 63.9 Å². The van der Waals surface area contributed by atoms with E-state index in [-0.39, 0.29) is 5.91 Å². The van der Waals surface area contributed by atoms with Gasteiger partial charge in [0.25, 0.3) is 5.91 Å². The van der Waals surface area contributed by atoms with Gasteiger partial charge in [-0.3, -0.25) is 9.78 Å². The number of rotatable bonds is 2. The van der Waals surface area contributed by atoms with Gasteiger partial charge in [-0.1, -0.05) is 24.1 Å². The Morgan fingerprint density at radius 1 is 1.07 bits per heavy atom. The molecule has 0 radical (unpaired) electrons. The predicted molar refractivity (Wildman–Crippen MR) is 103 cm³/mol. The smallest absolute Gasteiger partial charge is 0.276 e. The highest BCUT2D eigenvalue weighted by Gasteiger charge is 2.38. The highest BCUT2D eigenvalue weighted by Crippen LogP contribution is 2.36. The summed E-state index contributed by atoms with van der Waals surface area (Å²) >= 11 is 0. The zero-order valence-corrected chi connectivity index (χ0v) is 15.5. The van der Waals surface area contributed by atoms with Crippen LogP contribution in [0.25, 0.3) is 16.6 Å². The summed E-state index contributed by atoms with van der Waals surface area (Å²) in [7, 11) is 0. The van der Waals surface area contributed by atoms with Crippen molar-refractivity contribution in [1.29, 1.82) is 0 Å². The number of aromatic nitrogens is 4. The van der Waals surface area contributed by atoms with Crippen molar-refractivity contribution in [3.05, 3.63) is 47.9 Å². The van der Waals surface area contributed by atoms with Crippen molar-refractivity contribution in [2.75, 3.05) is 13.1 Å². The number of hydrogen-bond acceptors (Lipinski definition) is 4. The van der Waals surface area contributed by atoms with E-state index in [0.717, 1.165) is 35.4 Å². The van der Waals surface area contributed by atoms with E-state index in [2.05, 4.69) is 15.3 Å². The number of amides is 1. The first-order valence-electron chi connectivity index (χ1n) is 9.78. The summed E-state index contributed by atoms with van der Waals surface area (Å²) in [6.45, 7) is 3.66. The van der Waals surface area contributed by atoms with Crippen LogP contribution in [-0.2, 0) is 0 Å². The van der Waals surface area contributed by atoms with Crippen LogP contribution in [0.15, 0.2) is 36.5 Å². The maximum Gasteiger partial charge on any atom is 0.276 e. The van der Waals surface area contributed by atoms with E-state index in [1.54, 1.807) is 10.9 Å². The van der Waals surface area contributed by atoms with Crippen LogP contribution in [0.3, 0.4) is 0 Å². The summed E-state index contributed by atoms with van der Waals surface area (Å²) in [5, 5.41) is 9.57. The number of carbonyl (C=O) groups excluding carboxylic acids is 1. The van der Waals surface area contributed by atoms with Crippen LogP contribution in [0, 0.1) is 18.8 Å². The molecule has 2 unspecified atom stereocenters. The molecule has 5 rings (SSSR count). The third-order valence-electron chi connectivity index (χ3n) is 6.21. The maximum atomic E-state index is 13.1. The molecule has 3 heterocycles. The minimum Gasteiger partial charge on any atom is -0.337 e. The molecule has 138 valence electrons. The number of carbonyl (C=O) groups is 1. The molecular formula is C21H23N5O. The van der Waals surface area contributed by atoms with Crippen LogP contribution >= 0.6 is 0 Å². The van der Waals surface area contributed by atoms with E-state index in [1.807, 2.05) is 42.2 Å². The van der Waals surface area contributed by atoms with Gasteiger partial charge in [0.1, 0.15) is 0 Å². The van der Waals surface area contributed by atoms with Crippen molar-refractivity contribution < 1.29 is 4.79 Å². The molecule has 1 aliphatic heterocycles. The fraction of sp³-hybridized carbons (Fsp3) is 0.429. The number of likely N-dealkylation sites (tertiary alicyclic amines) is 1. The molecular weight excluding hydrogens is 338 g/mol. The molecule has 1 aromatic carbocycles. The van der Waals surface area contributed by atoms with E-state index >= 15 is 0 Å². The van der Waals surface area contributed by atoms with Gasteiger partial charge >= 0.3 is 0 Å². The van der Waals surface area contributed by atoms with Crippen LogP contribution in [0.2, 0.25) is 0 Å². The van der Waals surface area contributed by atoms with Crippen molar-refractivity contribution in [3.8, 4) is 5.69 Å². The van der Waals surface area contributed by atoms with Crippen LogP contribution in [-0.4, -0.2) is 43.9 Å². The third kappa shape index (κ3) is 2.71. The van der Waals surface area contributed by atoms with Gasteiger partial charge in [-0.15, -0.1) is 5.10 Å². The van der Waals surface area contributed by atoms with Gasteiger partial charge < -0.3 is 4.90 Å². The molecule has 0 spiro atoms. The lowest BCUT2D eigenvalue weighted by atomic mass is 9.82. The molecule has 3 aromatic rings. The van der Waals surface area contributed by atoms with E-state index in [1.165, 1.54) is 25.7 Å². The molecule has 0 bridgehead atoms. The number of benzene rings is 1. The summed E-state index contributed by atoms with van der Waals surface area (Å²) in [6, 6.07) is 9.85. The fourth-order valence-corrected chi connectivity index (χ4v) is 4.75. The lowest BCUT2D eigenvalue weighted by molar-refractivity contribution is 0.0777. The normalized spacial score (nSPS) is 22.2. The predicted octanol–water partition coefficient (Wildman–Crippen LogP) is 3.39. The van der Waals surface area contributed by atoms with Gasteiger partial charge in [0.15, 0.2) is 5.69 Å². The van der Waals surface area contributed by atoms with Gasteiger partial charge in [0, 0.05) is 24.7 Å². The van der Waals surface area contributed by atoms with Crippen LogP contribution in [0.4, 0.5) is 0 Å². The first-order chi connectivity index (χ1) is 13.2. The second-order valence-corrected chi connectivity index (χ2v) is 7.80. The zero-order chi connectivity index (χ0) is 18.4. The number of pyridine rings is 1. The summed E-state index contributed by atoms with van der Waals surface area (Å²) in [6.07, 6.45) is 6.88. The molecule has 6 heteroatoms. The quantitative estimate of drug-likeness (QED) is 0.702. The molecule has 1 aliphatic carbocycles. The van der Waals surface area contributed by atoms with Crippen molar-refractivity contribution in [3.63, 3.8) is 0 Å². The molecule has 0 N–H and O–H groups in total. The molecule has 1 saturated carbocycles. The fourth-order valence-electron chi connectivity index (χ4n) is 4.75. The second-order valence-electron chi connectivity index (χ2n) is 7.80. The molecule has 2 aliphatic rings. The van der Waals surface area contributed by atoms with Gasteiger partial charge in [-0.05, 0) is 55.9 Å². The molecule has 27 heavy (non-hydrogen) atoms. The van der Waals surface area contributed by atoms with E-state index in [0.29, 0.717) is 17.5 Å². The van der Waals surface area contributed by atoms with Crippen molar-refractivity contribution in [1.82, 2.24) is 24.9 Å². The van der Waals surface area contributed by atoms with Crippen LogP contribution in [0.1, 0.15) is 41.9 Å². The Morgan fingerprint density at radius 2 is 1.85 bits per heavy atom. The Kier molecular flexibility index (Phi) is 3.92. The van der Waals surface area contributed by atoms with Crippen molar-refractivity contribution in [2.24, 2.45) is 11.8 Å². The average molecular weight is 361 g/mol. The van der Waals surface area contributed by atoms with Crippen molar-refractivity contribution in [2.45, 2.75) is 32.6 Å². The van der Waals surface area contributed by atoms with E-state index < -0.39 is 0 Å². The van der Waals surface area contributed by atoms with Gasteiger partial charge in [0.2, 0.25) is 0 Å². The van der Waals surface area contributed by atoms with Crippen LogP contribution < -0.4 is 0 Å². The largest absolute Gasteiger partial charge is 0.337 e. The SMILES string of the molecule is Cc1c(C(=O)N2CC3CCCCC3C2)nnn1-c1cccc2ncccc12. The Hall–Kier alpha value is -2.76. The van der Waals surface area contributed by atoms with E-state index in [4.69, 9.17) is 0 Å².